The first kappa shape index (κ1) is 16.3. The van der Waals surface area contributed by atoms with E-state index in [0.717, 1.165) is 21.2 Å². The lowest BCUT2D eigenvalue weighted by Crippen LogP contribution is -2.25. The van der Waals surface area contributed by atoms with Crippen molar-refractivity contribution in [3.63, 3.8) is 0 Å². The normalized spacial score (nSPS) is 13.8. The molecule has 0 spiro atoms. The fraction of sp³-hybridized carbons (Fsp3) is 0.429. The van der Waals surface area contributed by atoms with E-state index in [1.54, 1.807) is 0 Å². The maximum atomic E-state index is 11.9. The highest BCUT2D eigenvalue weighted by atomic mass is 79.9. The summed E-state index contributed by atoms with van der Waals surface area (Å²) in [5.41, 5.74) is 0.773. The summed E-state index contributed by atoms with van der Waals surface area (Å²) in [5.74, 6) is 0.735. The lowest BCUT2D eigenvalue weighted by molar-refractivity contribution is -0.173. The molecule has 1 N–H and O–H groups in total. The molecule has 1 heterocycles. The van der Waals surface area contributed by atoms with Crippen molar-refractivity contribution in [3.05, 3.63) is 34.5 Å². The van der Waals surface area contributed by atoms with Gasteiger partial charge in [-0.3, -0.25) is 0 Å². The number of halogens is 4. The molecule has 0 aliphatic carbocycles. The molecule has 0 bridgehead atoms. The molecule has 0 aliphatic rings. The molecule has 0 fully saturated rings. The molecule has 0 aliphatic heterocycles. The predicted octanol–water partition coefficient (Wildman–Crippen LogP) is 4.42. The highest BCUT2D eigenvalue weighted by Gasteiger charge is 2.27. The van der Waals surface area contributed by atoms with Gasteiger partial charge in [-0.05, 0) is 31.2 Å². The minimum Gasteiger partial charge on any atom is -0.459 e. The van der Waals surface area contributed by atoms with E-state index in [1.807, 2.05) is 31.2 Å². The molecule has 3 nitrogen and oxygen atoms in total. The standard InChI is InChI=1S/C14H15BrF3NO2/c1-9(19-4-5-20-8-14(16,17)18)13-7-10-6-11(15)2-3-12(10)21-13/h2-3,6-7,9,19H,4-5,8H2,1H3. The number of nitrogens with one attached hydrogen (secondary N) is 1. The van der Waals surface area contributed by atoms with Crippen LogP contribution in [-0.2, 0) is 4.74 Å². The molecule has 0 saturated carbocycles. The van der Waals surface area contributed by atoms with Gasteiger partial charge in [0, 0.05) is 16.4 Å². The molecule has 1 atom stereocenters. The Morgan fingerprint density at radius 1 is 1.33 bits per heavy atom. The zero-order valence-electron chi connectivity index (χ0n) is 11.3. The summed E-state index contributed by atoms with van der Waals surface area (Å²) in [7, 11) is 0. The van der Waals surface area contributed by atoms with Crippen LogP contribution in [0.15, 0.2) is 33.2 Å². The van der Waals surface area contributed by atoms with E-state index < -0.39 is 12.8 Å². The van der Waals surface area contributed by atoms with Crippen LogP contribution in [0.3, 0.4) is 0 Å². The maximum absolute atomic E-state index is 11.9. The van der Waals surface area contributed by atoms with Gasteiger partial charge in [0.2, 0.25) is 0 Å². The van der Waals surface area contributed by atoms with Gasteiger partial charge < -0.3 is 14.5 Å². The summed E-state index contributed by atoms with van der Waals surface area (Å²) < 4.78 is 46.9. The Hall–Kier alpha value is -1.05. The first-order chi connectivity index (χ1) is 9.85. The van der Waals surface area contributed by atoms with Gasteiger partial charge in [-0.2, -0.15) is 13.2 Å². The van der Waals surface area contributed by atoms with Crippen LogP contribution in [0.25, 0.3) is 11.0 Å². The van der Waals surface area contributed by atoms with Crippen LogP contribution in [0, 0.1) is 0 Å². The number of hydrogen-bond acceptors (Lipinski definition) is 3. The van der Waals surface area contributed by atoms with E-state index in [-0.39, 0.29) is 12.6 Å². The Bertz CT molecular complexity index is 597. The zero-order valence-corrected chi connectivity index (χ0v) is 12.9. The lowest BCUT2D eigenvalue weighted by atomic mass is 10.2. The number of ether oxygens (including phenoxy) is 1. The van der Waals surface area contributed by atoms with Crippen molar-refractivity contribution in [2.45, 2.75) is 19.1 Å². The van der Waals surface area contributed by atoms with Gasteiger partial charge in [-0.25, -0.2) is 0 Å². The Morgan fingerprint density at radius 3 is 2.81 bits per heavy atom. The van der Waals surface area contributed by atoms with E-state index >= 15 is 0 Å². The molecule has 2 rings (SSSR count). The molecule has 21 heavy (non-hydrogen) atoms. The number of rotatable bonds is 6. The van der Waals surface area contributed by atoms with Crippen molar-refractivity contribution in [1.82, 2.24) is 5.32 Å². The summed E-state index contributed by atoms with van der Waals surface area (Å²) in [6.07, 6.45) is -4.28. The van der Waals surface area contributed by atoms with E-state index in [2.05, 4.69) is 26.0 Å². The average molecular weight is 366 g/mol. The van der Waals surface area contributed by atoms with Gasteiger partial charge in [-0.15, -0.1) is 0 Å². The van der Waals surface area contributed by atoms with Gasteiger partial charge in [0.05, 0.1) is 12.6 Å². The third-order valence-electron chi connectivity index (χ3n) is 2.89. The van der Waals surface area contributed by atoms with Gasteiger partial charge in [0.15, 0.2) is 0 Å². The number of furan rings is 1. The van der Waals surface area contributed by atoms with Crippen LogP contribution < -0.4 is 5.32 Å². The Balaban J connectivity index is 1.83. The Morgan fingerprint density at radius 2 is 2.10 bits per heavy atom. The topological polar surface area (TPSA) is 34.4 Å². The number of alkyl halides is 3. The second-order valence-corrected chi connectivity index (χ2v) is 5.59. The van der Waals surface area contributed by atoms with Crippen LogP contribution in [0.2, 0.25) is 0 Å². The van der Waals surface area contributed by atoms with Crippen molar-refractivity contribution in [3.8, 4) is 0 Å². The summed E-state index contributed by atoms with van der Waals surface area (Å²) in [6, 6.07) is 7.50. The monoisotopic (exact) mass is 365 g/mol. The van der Waals surface area contributed by atoms with Gasteiger partial charge >= 0.3 is 6.18 Å². The molecular weight excluding hydrogens is 351 g/mol. The van der Waals surface area contributed by atoms with E-state index in [9.17, 15) is 13.2 Å². The van der Waals surface area contributed by atoms with Crippen molar-refractivity contribution in [1.29, 1.82) is 0 Å². The molecule has 116 valence electrons. The van der Waals surface area contributed by atoms with E-state index in [1.165, 1.54) is 0 Å². The molecule has 0 radical (unpaired) electrons. The van der Waals surface area contributed by atoms with Crippen molar-refractivity contribution >= 4 is 26.9 Å². The van der Waals surface area contributed by atoms with Gasteiger partial charge in [0.1, 0.15) is 18.0 Å². The second-order valence-electron chi connectivity index (χ2n) is 4.67. The molecule has 2 aromatic rings. The number of hydrogen-bond donors (Lipinski definition) is 1. The number of benzene rings is 1. The van der Waals surface area contributed by atoms with Crippen LogP contribution >= 0.6 is 15.9 Å². The minimum atomic E-state index is -4.28. The van der Waals surface area contributed by atoms with Gasteiger partial charge in [0.25, 0.3) is 0 Å². The third kappa shape index (κ3) is 5.01. The smallest absolute Gasteiger partial charge is 0.411 e. The SMILES string of the molecule is CC(NCCOCC(F)(F)F)c1cc2cc(Br)ccc2o1. The maximum Gasteiger partial charge on any atom is 0.411 e. The lowest BCUT2D eigenvalue weighted by Gasteiger charge is -2.12. The van der Waals surface area contributed by atoms with Crippen LogP contribution in [0.5, 0.6) is 0 Å². The van der Waals surface area contributed by atoms with Crippen molar-refractivity contribution < 1.29 is 22.3 Å². The zero-order chi connectivity index (χ0) is 15.5. The fourth-order valence-electron chi connectivity index (χ4n) is 1.88. The fourth-order valence-corrected chi connectivity index (χ4v) is 2.26. The van der Waals surface area contributed by atoms with Crippen LogP contribution in [0.4, 0.5) is 13.2 Å². The summed E-state index contributed by atoms with van der Waals surface area (Å²) in [4.78, 5) is 0. The van der Waals surface area contributed by atoms with Crippen LogP contribution in [-0.4, -0.2) is 25.9 Å². The summed E-state index contributed by atoms with van der Waals surface area (Å²) in [6.45, 7) is 0.978. The first-order valence-electron chi connectivity index (χ1n) is 6.42. The van der Waals surface area contributed by atoms with Gasteiger partial charge in [-0.1, -0.05) is 15.9 Å². The highest BCUT2D eigenvalue weighted by Crippen LogP contribution is 2.26. The molecule has 1 aromatic carbocycles. The molecule has 0 saturated heterocycles. The summed E-state index contributed by atoms with van der Waals surface area (Å²) >= 11 is 3.39. The number of fused-ring (bicyclic) bond motifs is 1. The largest absolute Gasteiger partial charge is 0.459 e. The van der Waals surface area contributed by atoms with Crippen molar-refractivity contribution in [2.75, 3.05) is 19.8 Å². The van der Waals surface area contributed by atoms with Crippen LogP contribution in [0.1, 0.15) is 18.7 Å². The Kier molecular flexibility index (Phi) is 5.29. The molecular formula is C14H15BrF3NO2. The minimum absolute atomic E-state index is 0.00434. The van der Waals surface area contributed by atoms with Crippen molar-refractivity contribution in [2.24, 2.45) is 0 Å². The molecule has 7 heteroatoms. The third-order valence-corrected chi connectivity index (χ3v) is 3.38. The Labute approximate surface area is 128 Å². The second kappa shape index (κ2) is 6.81. The molecule has 1 unspecified atom stereocenters. The van der Waals surface area contributed by atoms with E-state index in [0.29, 0.717) is 6.54 Å². The summed E-state index contributed by atoms with van der Waals surface area (Å²) in [5, 5.41) is 4.04. The molecule has 0 amide bonds. The highest BCUT2D eigenvalue weighted by molar-refractivity contribution is 9.10. The quantitative estimate of drug-likeness (QED) is 0.769. The molecule has 1 aromatic heterocycles. The van der Waals surface area contributed by atoms with E-state index in [4.69, 9.17) is 4.42 Å². The first-order valence-corrected chi connectivity index (χ1v) is 7.21. The average Bonchev–Trinajstić information content (AvgIpc) is 2.79. The predicted molar refractivity (Wildman–Crippen MR) is 77.2 cm³/mol.